The fraction of sp³-hybridized carbons (Fsp3) is 0.143. The van der Waals surface area contributed by atoms with Crippen LogP contribution in [-0.2, 0) is 6.61 Å². The van der Waals surface area contributed by atoms with E-state index in [9.17, 15) is 4.39 Å². The summed E-state index contributed by atoms with van der Waals surface area (Å²) >= 11 is 5.84. The molecule has 0 saturated heterocycles. The van der Waals surface area contributed by atoms with Gasteiger partial charge in [-0.05, 0) is 36.8 Å². The van der Waals surface area contributed by atoms with Gasteiger partial charge in [0, 0.05) is 10.6 Å². The molecule has 1 N–H and O–H groups in total. The van der Waals surface area contributed by atoms with Crippen molar-refractivity contribution >= 4 is 11.6 Å². The van der Waals surface area contributed by atoms with Crippen LogP contribution < -0.4 is 4.74 Å². The Bertz CT molecular complexity index is 570. The largest absolute Gasteiger partial charge is 0.454 e. The number of para-hydroxylation sites is 1. The molecule has 0 saturated carbocycles. The van der Waals surface area contributed by atoms with E-state index in [0.717, 1.165) is 5.56 Å². The Morgan fingerprint density at radius 3 is 2.72 bits per heavy atom. The second-order valence-electron chi connectivity index (χ2n) is 3.90. The summed E-state index contributed by atoms with van der Waals surface area (Å²) in [6.07, 6.45) is 0. The highest BCUT2D eigenvalue weighted by molar-refractivity contribution is 6.30. The first-order chi connectivity index (χ1) is 8.61. The van der Waals surface area contributed by atoms with E-state index in [4.69, 9.17) is 21.4 Å². The number of benzene rings is 2. The van der Waals surface area contributed by atoms with Gasteiger partial charge in [0.15, 0.2) is 11.6 Å². The van der Waals surface area contributed by atoms with Crippen LogP contribution in [-0.4, -0.2) is 5.11 Å². The molecule has 0 atom stereocenters. The third-order valence-corrected chi connectivity index (χ3v) is 2.80. The molecule has 2 aromatic carbocycles. The van der Waals surface area contributed by atoms with E-state index in [1.54, 1.807) is 24.3 Å². The minimum Gasteiger partial charge on any atom is -0.454 e. The van der Waals surface area contributed by atoms with Crippen LogP contribution in [0.15, 0.2) is 36.4 Å². The molecular formula is C14H12ClFO2. The minimum atomic E-state index is -0.504. The van der Waals surface area contributed by atoms with Crippen LogP contribution in [0.5, 0.6) is 11.5 Å². The third-order valence-electron chi connectivity index (χ3n) is 2.57. The zero-order valence-electron chi connectivity index (χ0n) is 9.78. The standard InChI is InChI=1S/C14H12ClFO2/c1-9-7-11(15)5-6-13(9)18-14-10(8-17)3-2-4-12(14)16/h2-7,17H,8H2,1H3. The monoisotopic (exact) mass is 266 g/mol. The number of aryl methyl sites for hydroxylation is 1. The van der Waals surface area contributed by atoms with Gasteiger partial charge in [-0.25, -0.2) is 4.39 Å². The van der Waals surface area contributed by atoms with Crippen molar-refractivity contribution in [1.82, 2.24) is 0 Å². The Morgan fingerprint density at radius 1 is 1.28 bits per heavy atom. The first-order valence-corrected chi connectivity index (χ1v) is 5.82. The number of hydrogen-bond acceptors (Lipinski definition) is 2. The molecule has 2 nitrogen and oxygen atoms in total. The maximum Gasteiger partial charge on any atom is 0.168 e. The lowest BCUT2D eigenvalue weighted by Crippen LogP contribution is -1.96. The normalized spacial score (nSPS) is 10.4. The smallest absolute Gasteiger partial charge is 0.168 e. The van der Waals surface area contributed by atoms with Gasteiger partial charge in [0.05, 0.1) is 6.61 Å². The van der Waals surface area contributed by atoms with Crippen molar-refractivity contribution < 1.29 is 14.2 Å². The number of hydrogen-bond donors (Lipinski definition) is 1. The predicted molar refractivity (Wildman–Crippen MR) is 68.6 cm³/mol. The van der Waals surface area contributed by atoms with Crippen LogP contribution in [0.1, 0.15) is 11.1 Å². The van der Waals surface area contributed by atoms with E-state index in [0.29, 0.717) is 16.3 Å². The van der Waals surface area contributed by atoms with Crippen LogP contribution in [0.4, 0.5) is 4.39 Å². The van der Waals surface area contributed by atoms with E-state index in [1.807, 2.05) is 6.92 Å². The fourth-order valence-corrected chi connectivity index (χ4v) is 1.86. The summed E-state index contributed by atoms with van der Waals surface area (Å²) in [6, 6.07) is 9.51. The lowest BCUT2D eigenvalue weighted by atomic mass is 10.2. The van der Waals surface area contributed by atoms with E-state index in [-0.39, 0.29) is 12.4 Å². The van der Waals surface area contributed by atoms with Crippen molar-refractivity contribution in [3.05, 3.63) is 58.4 Å². The number of halogens is 2. The van der Waals surface area contributed by atoms with Gasteiger partial charge in [-0.15, -0.1) is 0 Å². The molecule has 0 aliphatic heterocycles. The fourth-order valence-electron chi connectivity index (χ4n) is 1.63. The molecule has 0 aliphatic rings. The predicted octanol–water partition coefficient (Wildman–Crippen LogP) is 4.07. The first kappa shape index (κ1) is 12.9. The SMILES string of the molecule is Cc1cc(Cl)ccc1Oc1c(F)cccc1CO. The van der Waals surface area contributed by atoms with Gasteiger partial charge < -0.3 is 9.84 Å². The van der Waals surface area contributed by atoms with Crippen molar-refractivity contribution in [2.24, 2.45) is 0 Å². The van der Waals surface area contributed by atoms with Crippen molar-refractivity contribution in [3.8, 4) is 11.5 Å². The summed E-state index contributed by atoms with van der Waals surface area (Å²) in [6.45, 7) is 1.54. The molecule has 2 aromatic rings. The first-order valence-electron chi connectivity index (χ1n) is 5.44. The molecular weight excluding hydrogens is 255 g/mol. The van der Waals surface area contributed by atoms with E-state index >= 15 is 0 Å². The van der Waals surface area contributed by atoms with Crippen LogP contribution in [0, 0.1) is 12.7 Å². The molecule has 0 aliphatic carbocycles. The molecule has 94 valence electrons. The van der Waals surface area contributed by atoms with Gasteiger partial charge in [-0.1, -0.05) is 23.7 Å². The Balaban J connectivity index is 2.39. The van der Waals surface area contributed by atoms with Crippen molar-refractivity contribution in [3.63, 3.8) is 0 Å². The van der Waals surface area contributed by atoms with Crippen LogP contribution in [0.2, 0.25) is 5.02 Å². The van der Waals surface area contributed by atoms with Gasteiger partial charge in [0.1, 0.15) is 5.75 Å². The van der Waals surface area contributed by atoms with Crippen LogP contribution >= 0.6 is 11.6 Å². The van der Waals surface area contributed by atoms with Crippen LogP contribution in [0.25, 0.3) is 0 Å². The number of ether oxygens (including phenoxy) is 1. The Morgan fingerprint density at radius 2 is 2.06 bits per heavy atom. The molecule has 0 aromatic heterocycles. The average Bonchev–Trinajstić information content (AvgIpc) is 2.34. The molecule has 4 heteroatoms. The number of aliphatic hydroxyl groups excluding tert-OH is 1. The molecule has 0 radical (unpaired) electrons. The molecule has 2 rings (SSSR count). The second kappa shape index (κ2) is 5.38. The molecule has 0 fully saturated rings. The van der Waals surface area contributed by atoms with Crippen molar-refractivity contribution in [2.75, 3.05) is 0 Å². The maximum absolute atomic E-state index is 13.7. The summed E-state index contributed by atoms with van der Waals surface area (Å²) < 4.78 is 19.2. The Labute approximate surface area is 110 Å². The molecule has 0 unspecified atom stereocenters. The van der Waals surface area contributed by atoms with Gasteiger partial charge in [-0.3, -0.25) is 0 Å². The van der Waals surface area contributed by atoms with E-state index < -0.39 is 5.82 Å². The second-order valence-corrected chi connectivity index (χ2v) is 4.33. The maximum atomic E-state index is 13.7. The molecule has 0 heterocycles. The summed E-state index contributed by atoms with van der Waals surface area (Å²) in [5.74, 6) is 0.0560. The van der Waals surface area contributed by atoms with Crippen molar-refractivity contribution in [2.45, 2.75) is 13.5 Å². The van der Waals surface area contributed by atoms with Gasteiger partial charge >= 0.3 is 0 Å². The summed E-state index contributed by atoms with van der Waals surface area (Å²) in [4.78, 5) is 0. The van der Waals surface area contributed by atoms with Gasteiger partial charge in [0.2, 0.25) is 0 Å². The van der Waals surface area contributed by atoms with Gasteiger partial charge in [0.25, 0.3) is 0 Å². The minimum absolute atomic E-state index is 0.0467. The molecule has 0 bridgehead atoms. The average molecular weight is 267 g/mol. The highest BCUT2D eigenvalue weighted by atomic mass is 35.5. The highest BCUT2D eigenvalue weighted by Crippen LogP contribution is 2.31. The summed E-state index contributed by atoms with van der Waals surface area (Å²) in [5, 5.41) is 9.76. The molecule has 0 amide bonds. The van der Waals surface area contributed by atoms with Crippen LogP contribution in [0.3, 0.4) is 0 Å². The zero-order chi connectivity index (χ0) is 13.1. The van der Waals surface area contributed by atoms with E-state index in [2.05, 4.69) is 0 Å². The zero-order valence-corrected chi connectivity index (χ0v) is 10.5. The Kier molecular flexibility index (Phi) is 3.84. The molecule has 0 spiro atoms. The number of rotatable bonds is 3. The summed E-state index contributed by atoms with van der Waals surface area (Å²) in [7, 11) is 0. The lowest BCUT2D eigenvalue weighted by molar-refractivity contribution is 0.274. The van der Waals surface area contributed by atoms with Gasteiger partial charge in [-0.2, -0.15) is 0 Å². The van der Waals surface area contributed by atoms with Crippen molar-refractivity contribution in [1.29, 1.82) is 0 Å². The summed E-state index contributed by atoms with van der Waals surface area (Å²) in [5.41, 5.74) is 1.21. The quantitative estimate of drug-likeness (QED) is 0.907. The Hall–Kier alpha value is -1.58. The lowest BCUT2D eigenvalue weighted by Gasteiger charge is -2.12. The third kappa shape index (κ3) is 2.63. The number of aliphatic hydroxyl groups is 1. The highest BCUT2D eigenvalue weighted by Gasteiger charge is 2.11. The topological polar surface area (TPSA) is 29.5 Å². The van der Waals surface area contributed by atoms with E-state index in [1.165, 1.54) is 12.1 Å². The molecule has 18 heavy (non-hydrogen) atoms.